The highest BCUT2D eigenvalue weighted by Gasteiger charge is 2.02. The van der Waals surface area contributed by atoms with E-state index < -0.39 is 0 Å². The van der Waals surface area contributed by atoms with E-state index in [0.717, 1.165) is 5.69 Å². The summed E-state index contributed by atoms with van der Waals surface area (Å²) in [6, 6.07) is 11.7. The predicted octanol–water partition coefficient (Wildman–Crippen LogP) is 2.96. The van der Waals surface area contributed by atoms with Crippen LogP contribution in [-0.2, 0) is 0 Å². The van der Waals surface area contributed by atoms with Crippen LogP contribution in [0.15, 0.2) is 42.5 Å². The van der Waals surface area contributed by atoms with Gasteiger partial charge in [-0.05, 0) is 24.3 Å². The Morgan fingerprint density at radius 2 is 1.39 bits per heavy atom. The lowest BCUT2D eigenvalue weighted by molar-refractivity contribution is 0.432. The van der Waals surface area contributed by atoms with Crippen molar-refractivity contribution in [3.63, 3.8) is 0 Å². The Hall–Kier alpha value is -2.36. The molecule has 18 heavy (non-hydrogen) atoms. The minimum Gasteiger partial charge on any atom is -0.508 e. The van der Waals surface area contributed by atoms with Crippen LogP contribution in [0.5, 0.6) is 23.0 Å². The zero-order chi connectivity index (χ0) is 13.1. The Morgan fingerprint density at radius 1 is 0.833 bits per heavy atom. The molecule has 0 heterocycles. The highest BCUT2D eigenvalue weighted by molar-refractivity contribution is 5.49. The Kier molecular flexibility index (Phi) is 3.28. The molecule has 0 aliphatic rings. The molecule has 2 aromatic carbocycles. The number of phenolic OH excluding ortho intramolecular Hbond substituents is 2. The van der Waals surface area contributed by atoms with Gasteiger partial charge >= 0.3 is 0 Å². The summed E-state index contributed by atoms with van der Waals surface area (Å²) in [5.74, 6) is 0.973. The third kappa shape index (κ3) is 2.85. The molecule has 0 bridgehead atoms. The van der Waals surface area contributed by atoms with Gasteiger partial charge in [0.2, 0.25) is 0 Å². The number of nitrogens with zero attached hydrogens (tertiary/aromatic N) is 1. The number of aromatic hydroxyl groups is 2. The number of benzene rings is 2. The monoisotopic (exact) mass is 245 g/mol. The minimum absolute atomic E-state index is 0.0325. The highest BCUT2D eigenvalue weighted by atomic mass is 16.5. The molecule has 0 amide bonds. The van der Waals surface area contributed by atoms with Crippen LogP contribution in [0.3, 0.4) is 0 Å². The lowest BCUT2D eigenvalue weighted by atomic mass is 10.2. The van der Waals surface area contributed by atoms with E-state index in [9.17, 15) is 10.2 Å². The maximum Gasteiger partial charge on any atom is 0.134 e. The number of ether oxygens (including phenoxy) is 1. The van der Waals surface area contributed by atoms with Gasteiger partial charge in [-0.15, -0.1) is 0 Å². The van der Waals surface area contributed by atoms with Crippen molar-refractivity contribution < 1.29 is 14.9 Å². The molecular formula is C14H15NO3. The topological polar surface area (TPSA) is 52.9 Å². The second-order valence-corrected chi connectivity index (χ2v) is 4.18. The SMILES string of the molecule is CN(C)c1ccc(Oc2cc(O)cc(O)c2)cc1. The standard InChI is InChI=1S/C14H15NO3/c1-15(2)10-3-5-13(6-4-10)18-14-8-11(16)7-12(17)9-14/h3-9,16-17H,1-2H3. The average Bonchev–Trinajstić information content (AvgIpc) is 2.28. The van der Waals surface area contributed by atoms with Crippen molar-refractivity contribution in [1.82, 2.24) is 0 Å². The maximum atomic E-state index is 9.34. The maximum absolute atomic E-state index is 9.34. The first-order chi connectivity index (χ1) is 8.54. The van der Waals surface area contributed by atoms with Crippen molar-refractivity contribution in [3.8, 4) is 23.0 Å². The fourth-order valence-electron chi connectivity index (χ4n) is 1.58. The number of hydrogen-bond acceptors (Lipinski definition) is 4. The van der Waals surface area contributed by atoms with E-state index >= 15 is 0 Å². The molecule has 0 spiro atoms. The van der Waals surface area contributed by atoms with Crippen molar-refractivity contribution in [2.75, 3.05) is 19.0 Å². The third-order valence-corrected chi connectivity index (χ3v) is 2.46. The van der Waals surface area contributed by atoms with Gasteiger partial charge in [0, 0.05) is 38.0 Å². The average molecular weight is 245 g/mol. The molecule has 0 radical (unpaired) electrons. The molecule has 0 saturated carbocycles. The summed E-state index contributed by atoms with van der Waals surface area (Å²) in [6.07, 6.45) is 0. The van der Waals surface area contributed by atoms with Crippen molar-refractivity contribution in [3.05, 3.63) is 42.5 Å². The Bertz CT molecular complexity index is 515. The smallest absolute Gasteiger partial charge is 0.134 e. The molecule has 0 aliphatic carbocycles. The summed E-state index contributed by atoms with van der Waals surface area (Å²) in [5.41, 5.74) is 1.07. The summed E-state index contributed by atoms with van der Waals surface area (Å²) in [4.78, 5) is 1.99. The molecule has 0 aromatic heterocycles. The van der Waals surface area contributed by atoms with Crippen molar-refractivity contribution >= 4 is 5.69 Å². The van der Waals surface area contributed by atoms with Gasteiger partial charge in [-0.2, -0.15) is 0 Å². The molecule has 2 aromatic rings. The number of phenols is 2. The molecule has 0 atom stereocenters. The molecule has 0 fully saturated rings. The van der Waals surface area contributed by atoms with Crippen LogP contribution in [-0.4, -0.2) is 24.3 Å². The molecule has 2 rings (SSSR count). The van der Waals surface area contributed by atoms with Gasteiger partial charge in [0.05, 0.1) is 0 Å². The lowest BCUT2D eigenvalue weighted by Gasteiger charge is -2.13. The summed E-state index contributed by atoms with van der Waals surface area (Å²) >= 11 is 0. The zero-order valence-corrected chi connectivity index (χ0v) is 10.3. The first-order valence-corrected chi connectivity index (χ1v) is 5.53. The van der Waals surface area contributed by atoms with Gasteiger partial charge < -0.3 is 19.8 Å². The van der Waals surface area contributed by atoms with Gasteiger partial charge in [0.1, 0.15) is 23.0 Å². The Morgan fingerprint density at radius 3 is 1.89 bits per heavy atom. The fourth-order valence-corrected chi connectivity index (χ4v) is 1.58. The van der Waals surface area contributed by atoms with Crippen LogP contribution in [0.2, 0.25) is 0 Å². The quantitative estimate of drug-likeness (QED) is 0.873. The van der Waals surface area contributed by atoms with E-state index in [1.165, 1.54) is 18.2 Å². The summed E-state index contributed by atoms with van der Waals surface area (Å²) in [5, 5.41) is 18.7. The third-order valence-electron chi connectivity index (χ3n) is 2.46. The van der Waals surface area contributed by atoms with E-state index in [-0.39, 0.29) is 11.5 Å². The lowest BCUT2D eigenvalue weighted by Crippen LogP contribution is -2.07. The van der Waals surface area contributed by atoms with Crippen molar-refractivity contribution in [2.24, 2.45) is 0 Å². The Balaban J connectivity index is 2.18. The molecule has 0 aliphatic heterocycles. The largest absolute Gasteiger partial charge is 0.508 e. The number of hydrogen-bond donors (Lipinski definition) is 2. The van der Waals surface area contributed by atoms with E-state index in [1.54, 1.807) is 0 Å². The van der Waals surface area contributed by atoms with Crippen LogP contribution >= 0.6 is 0 Å². The predicted molar refractivity (Wildman–Crippen MR) is 70.6 cm³/mol. The van der Waals surface area contributed by atoms with Crippen molar-refractivity contribution in [1.29, 1.82) is 0 Å². The zero-order valence-electron chi connectivity index (χ0n) is 10.3. The fraction of sp³-hybridized carbons (Fsp3) is 0.143. The molecule has 4 nitrogen and oxygen atoms in total. The van der Waals surface area contributed by atoms with Crippen LogP contribution in [0.25, 0.3) is 0 Å². The summed E-state index contributed by atoms with van der Waals surface area (Å²) < 4.78 is 5.54. The minimum atomic E-state index is -0.0325. The molecule has 0 saturated heterocycles. The van der Waals surface area contributed by atoms with Crippen LogP contribution in [0, 0.1) is 0 Å². The van der Waals surface area contributed by atoms with Gasteiger partial charge in [-0.3, -0.25) is 0 Å². The second kappa shape index (κ2) is 4.87. The molecule has 0 unspecified atom stereocenters. The summed E-state index contributed by atoms with van der Waals surface area (Å²) in [6.45, 7) is 0. The highest BCUT2D eigenvalue weighted by Crippen LogP contribution is 2.30. The van der Waals surface area contributed by atoms with Gasteiger partial charge in [-0.25, -0.2) is 0 Å². The molecule has 4 heteroatoms. The number of rotatable bonds is 3. The van der Waals surface area contributed by atoms with E-state index in [1.807, 2.05) is 43.3 Å². The van der Waals surface area contributed by atoms with E-state index in [0.29, 0.717) is 11.5 Å². The molecule has 94 valence electrons. The molecule has 2 N–H and O–H groups in total. The van der Waals surface area contributed by atoms with E-state index in [4.69, 9.17) is 4.74 Å². The van der Waals surface area contributed by atoms with Crippen LogP contribution in [0.4, 0.5) is 5.69 Å². The number of anilines is 1. The Labute approximate surface area is 106 Å². The first-order valence-electron chi connectivity index (χ1n) is 5.53. The van der Waals surface area contributed by atoms with Gasteiger partial charge in [0.25, 0.3) is 0 Å². The molecular weight excluding hydrogens is 230 g/mol. The normalized spacial score (nSPS) is 10.1. The van der Waals surface area contributed by atoms with Crippen LogP contribution in [0.1, 0.15) is 0 Å². The van der Waals surface area contributed by atoms with E-state index in [2.05, 4.69) is 0 Å². The van der Waals surface area contributed by atoms with Crippen LogP contribution < -0.4 is 9.64 Å². The van der Waals surface area contributed by atoms with Crippen molar-refractivity contribution in [2.45, 2.75) is 0 Å². The summed E-state index contributed by atoms with van der Waals surface area (Å²) in [7, 11) is 3.92. The second-order valence-electron chi connectivity index (χ2n) is 4.18. The van der Waals surface area contributed by atoms with Gasteiger partial charge in [-0.1, -0.05) is 0 Å². The van der Waals surface area contributed by atoms with Gasteiger partial charge in [0.15, 0.2) is 0 Å². The first kappa shape index (κ1) is 12.1.